The van der Waals surface area contributed by atoms with Gasteiger partial charge in [-0.3, -0.25) is 9.88 Å². The maximum atomic E-state index is 6.43. The van der Waals surface area contributed by atoms with Gasteiger partial charge >= 0.3 is 0 Å². The summed E-state index contributed by atoms with van der Waals surface area (Å²) in [6, 6.07) is 15.0. The van der Waals surface area contributed by atoms with Gasteiger partial charge in [-0.15, -0.1) is 0 Å². The van der Waals surface area contributed by atoms with Gasteiger partial charge in [0.05, 0.1) is 30.0 Å². The fourth-order valence-electron chi connectivity index (χ4n) is 4.38. The fraction of sp³-hybridized carbons (Fsp3) is 0.333. The molecule has 6 nitrogen and oxygen atoms in total. The molecule has 5 rings (SSSR count). The van der Waals surface area contributed by atoms with Gasteiger partial charge in [0, 0.05) is 43.0 Å². The standard InChI is InChI=1S/C24H24Cl2N4O2S/c25-16-4-5-17(18(26)15-16)20-6-7-21(32-20)23-22(19-3-1-2-8-27-19)28-24(33)30(23)10-9-29-11-13-31-14-12-29/h1-8,15,22-23H,9-14H2,(H,28,33). The minimum Gasteiger partial charge on any atom is -0.459 e. The second-order valence-corrected chi connectivity index (χ2v) is 9.33. The number of nitrogens with one attached hydrogen (secondary N) is 1. The van der Waals surface area contributed by atoms with Crippen molar-refractivity contribution in [2.75, 3.05) is 39.4 Å². The molecule has 2 unspecified atom stereocenters. The minimum atomic E-state index is -0.131. The summed E-state index contributed by atoms with van der Waals surface area (Å²) >= 11 is 18.3. The number of benzene rings is 1. The molecule has 0 saturated carbocycles. The van der Waals surface area contributed by atoms with Gasteiger partial charge in [0.15, 0.2) is 5.11 Å². The molecule has 1 N–H and O–H groups in total. The Labute approximate surface area is 208 Å². The van der Waals surface area contributed by atoms with E-state index >= 15 is 0 Å². The quantitative estimate of drug-likeness (QED) is 0.478. The molecule has 3 aromatic rings. The SMILES string of the molecule is S=C1NC(c2ccccn2)C(c2ccc(-c3ccc(Cl)cc3Cl)o2)N1CCN1CCOCC1. The van der Waals surface area contributed by atoms with E-state index in [4.69, 9.17) is 44.6 Å². The first kappa shape index (κ1) is 22.6. The van der Waals surface area contributed by atoms with E-state index in [2.05, 4.69) is 20.1 Å². The molecular weight excluding hydrogens is 479 g/mol. The normalized spacial score (nSPS) is 21.4. The summed E-state index contributed by atoms with van der Waals surface area (Å²) in [7, 11) is 0. The number of rotatable bonds is 6. The highest BCUT2D eigenvalue weighted by Crippen LogP contribution is 2.41. The van der Waals surface area contributed by atoms with Crippen molar-refractivity contribution in [2.45, 2.75) is 12.1 Å². The van der Waals surface area contributed by atoms with E-state index in [-0.39, 0.29) is 12.1 Å². The molecule has 9 heteroatoms. The largest absolute Gasteiger partial charge is 0.459 e. The lowest BCUT2D eigenvalue weighted by Gasteiger charge is -2.31. The van der Waals surface area contributed by atoms with Gasteiger partial charge in [0.25, 0.3) is 0 Å². The van der Waals surface area contributed by atoms with Crippen molar-refractivity contribution in [2.24, 2.45) is 0 Å². The van der Waals surface area contributed by atoms with Gasteiger partial charge in [-0.05, 0) is 54.7 Å². The predicted octanol–water partition coefficient (Wildman–Crippen LogP) is 4.95. The summed E-state index contributed by atoms with van der Waals surface area (Å²) in [6.07, 6.45) is 1.80. The van der Waals surface area contributed by atoms with E-state index in [9.17, 15) is 0 Å². The average Bonchev–Trinajstić information content (AvgIpc) is 3.43. The number of hydrogen-bond acceptors (Lipinski definition) is 5. The summed E-state index contributed by atoms with van der Waals surface area (Å²) in [6.45, 7) is 5.08. The van der Waals surface area contributed by atoms with Gasteiger partial charge in [0.1, 0.15) is 17.6 Å². The highest BCUT2D eigenvalue weighted by atomic mass is 35.5. The number of aromatic nitrogens is 1. The molecule has 2 fully saturated rings. The number of nitrogens with zero attached hydrogens (tertiary/aromatic N) is 3. The molecule has 2 aliphatic rings. The number of thiocarbonyl (C=S) groups is 1. The lowest BCUT2D eigenvalue weighted by atomic mass is 10.0. The number of hydrogen-bond donors (Lipinski definition) is 1. The lowest BCUT2D eigenvalue weighted by molar-refractivity contribution is 0.0347. The highest BCUT2D eigenvalue weighted by molar-refractivity contribution is 7.80. The van der Waals surface area contributed by atoms with Crippen LogP contribution in [0.15, 0.2) is 59.1 Å². The van der Waals surface area contributed by atoms with E-state index in [1.54, 1.807) is 12.3 Å². The molecular formula is C24H24Cl2N4O2S. The van der Waals surface area contributed by atoms with Gasteiger partial charge in [-0.2, -0.15) is 0 Å². The Balaban J connectivity index is 1.45. The van der Waals surface area contributed by atoms with Crippen molar-refractivity contribution in [1.82, 2.24) is 20.1 Å². The van der Waals surface area contributed by atoms with Crippen LogP contribution in [0.1, 0.15) is 23.5 Å². The van der Waals surface area contributed by atoms with Gasteiger partial charge in [-0.25, -0.2) is 0 Å². The van der Waals surface area contributed by atoms with Crippen molar-refractivity contribution >= 4 is 40.5 Å². The van der Waals surface area contributed by atoms with Crippen molar-refractivity contribution in [3.05, 3.63) is 76.2 Å². The Morgan fingerprint density at radius 1 is 1.06 bits per heavy atom. The zero-order valence-corrected chi connectivity index (χ0v) is 20.2. The number of halogens is 2. The molecule has 2 aromatic heterocycles. The molecule has 2 aliphatic heterocycles. The van der Waals surface area contributed by atoms with Crippen molar-refractivity contribution < 1.29 is 9.15 Å². The molecule has 4 heterocycles. The molecule has 2 saturated heterocycles. The summed E-state index contributed by atoms with van der Waals surface area (Å²) in [5.41, 5.74) is 1.72. The summed E-state index contributed by atoms with van der Waals surface area (Å²) < 4.78 is 11.9. The molecule has 0 radical (unpaired) electrons. The first-order chi connectivity index (χ1) is 16.1. The third-order valence-electron chi connectivity index (χ3n) is 6.07. The van der Waals surface area contributed by atoms with Gasteiger partial charge in [0.2, 0.25) is 0 Å². The molecule has 1 aromatic carbocycles. The Kier molecular flexibility index (Phi) is 6.85. The van der Waals surface area contributed by atoms with Gasteiger partial charge in [-0.1, -0.05) is 29.3 Å². The van der Waals surface area contributed by atoms with E-state index in [1.165, 1.54) is 0 Å². The van der Waals surface area contributed by atoms with E-state index in [0.717, 1.165) is 56.4 Å². The van der Waals surface area contributed by atoms with Crippen molar-refractivity contribution in [1.29, 1.82) is 0 Å². The zero-order valence-electron chi connectivity index (χ0n) is 17.9. The smallest absolute Gasteiger partial charge is 0.170 e. The molecule has 0 spiro atoms. The molecule has 172 valence electrons. The molecule has 0 amide bonds. The Morgan fingerprint density at radius 3 is 2.67 bits per heavy atom. The molecule has 0 aliphatic carbocycles. The number of pyridine rings is 1. The van der Waals surface area contributed by atoms with Crippen LogP contribution in [0, 0.1) is 0 Å². The topological polar surface area (TPSA) is 53.8 Å². The fourth-order valence-corrected chi connectivity index (χ4v) is 5.21. The predicted molar refractivity (Wildman–Crippen MR) is 134 cm³/mol. The summed E-state index contributed by atoms with van der Waals surface area (Å²) in [4.78, 5) is 9.20. The maximum Gasteiger partial charge on any atom is 0.170 e. The van der Waals surface area contributed by atoms with Crippen LogP contribution in [-0.2, 0) is 4.74 Å². The third-order valence-corrected chi connectivity index (χ3v) is 6.97. The summed E-state index contributed by atoms with van der Waals surface area (Å²) in [5.74, 6) is 1.50. The van der Waals surface area contributed by atoms with E-state index < -0.39 is 0 Å². The summed E-state index contributed by atoms with van der Waals surface area (Å²) in [5, 5.41) is 5.31. The van der Waals surface area contributed by atoms with Crippen LogP contribution in [0.25, 0.3) is 11.3 Å². The number of furan rings is 1. The Bertz CT molecular complexity index is 1120. The third kappa shape index (κ3) is 4.88. The van der Waals surface area contributed by atoms with Crippen LogP contribution in [0.2, 0.25) is 10.0 Å². The highest BCUT2D eigenvalue weighted by Gasteiger charge is 2.41. The molecule has 0 bridgehead atoms. The second kappa shape index (κ2) is 9.99. The van der Waals surface area contributed by atoms with Crippen LogP contribution in [0.5, 0.6) is 0 Å². The first-order valence-electron chi connectivity index (χ1n) is 10.9. The van der Waals surface area contributed by atoms with Crippen LogP contribution in [0.3, 0.4) is 0 Å². The number of ether oxygens (including phenoxy) is 1. The Morgan fingerprint density at radius 2 is 1.91 bits per heavy atom. The monoisotopic (exact) mass is 502 g/mol. The molecule has 2 atom stereocenters. The van der Waals surface area contributed by atoms with E-state index in [1.807, 2.05) is 42.5 Å². The average molecular weight is 503 g/mol. The Hall–Kier alpha value is -2.16. The van der Waals surface area contributed by atoms with Crippen LogP contribution >= 0.6 is 35.4 Å². The van der Waals surface area contributed by atoms with Crippen LogP contribution in [-0.4, -0.2) is 59.3 Å². The lowest BCUT2D eigenvalue weighted by Crippen LogP contribution is -2.42. The first-order valence-corrected chi connectivity index (χ1v) is 12.1. The number of morpholine rings is 1. The van der Waals surface area contributed by atoms with Crippen molar-refractivity contribution in [3.8, 4) is 11.3 Å². The van der Waals surface area contributed by atoms with E-state index in [0.29, 0.717) is 20.9 Å². The van der Waals surface area contributed by atoms with Crippen molar-refractivity contribution in [3.63, 3.8) is 0 Å². The zero-order chi connectivity index (χ0) is 22.8. The minimum absolute atomic E-state index is 0.122. The van der Waals surface area contributed by atoms with Gasteiger partial charge < -0.3 is 19.4 Å². The maximum absolute atomic E-state index is 6.43. The molecule has 33 heavy (non-hydrogen) atoms. The van der Waals surface area contributed by atoms with Crippen LogP contribution in [0.4, 0.5) is 0 Å². The second-order valence-electron chi connectivity index (χ2n) is 8.10. The van der Waals surface area contributed by atoms with Crippen LogP contribution < -0.4 is 5.32 Å².